The Morgan fingerprint density at radius 2 is 1.61 bits per heavy atom. The highest BCUT2D eigenvalue weighted by Crippen LogP contribution is 2.31. The van der Waals surface area contributed by atoms with Crippen molar-refractivity contribution in [3.8, 4) is 11.3 Å². The zero-order chi connectivity index (χ0) is 23.5. The van der Waals surface area contributed by atoms with Gasteiger partial charge in [-0.05, 0) is 47.0 Å². The van der Waals surface area contributed by atoms with Gasteiger partial charge in [-0.1, -0.05) is 48.5 Å². The van der Waals surface area contributed by atoms with Crippen molar-refractivity contribution in [3.05, 3.63) is 101 Å². The van der Waals surface area contributed by atoms with Crippen molar-refractivity contribution in [1.82, 2.24) is 10.3 Å². The Morgan fingerprint density at radius 3 is 2.30 bits per heavy atom. The van der Waals surface area contributed by atoms with Crippen LogP contribution in [0, 0.1) is 18.6 Å². The summed E-state index contributed by atoms with van der Waals surface area (Å²) >= 11 is 0. The van der Waals surface area contributed by atoms with E-state index in [-0.39, 0.29) is 6.42 Å². The highest BCUT2D eigenvalue weighted by Gasteiger charge is 2.25. The molecule has 0 spiro atoms. The van der Waals surface area contributed by atoms with Crippen LogP contribution in [-0.4, -0.2) is 28.0 Å². The molecule has 4 rings (SSSR count). The predicted molar refractivity (Wildman–Crippen MR) is 121 cm³/mol. The number of benzene rings is 3. The van der Waals surface area contributed by atoms with Gasteiger partial charge >= 0.3 is 5.97 Å². The molecule has 3 aromatic carbocycles. The Balaban J connectivity index is 1.70. The number of aryl methyl sites for hydroxylation is 1. The van der Waals surface area contributed by atoms with Crippen LogP contribution >= 0.6 is 0 Å². The summed E-state index contributed by atoms with van der Waals surface area (Å²) in [5, 5.41) is 13.6. The van der Waals surface area contributed by atoms with Gasteiger partial charge in [0.2, 0.25) is 0 Å². The average Bonchev–Trinajstić information content (AvgIpc) is 2.78. The second-order valence-corrected chi connectivity index (χ2v) is 7.65. The van der Waals surface area contributed by atoms with E-state index in [1.807, 2.05) is 43.3 Å². The van der Waals surface area contributed by atoms with E-state index in [0.717, 1.165) is 45.8 Å². The van der Waals surface area contributed by atoms with E-state index in [1.165, 1.54) is 0 Å². The van der Waals surface area contributed by atoms with E-state index in [9.17, 15) is 23.5 Å². The predicted octanol–water partition coefficient (Wildman–Crippen LogP) is 4.91. The number of hydrogen-bond donors (Lipinski definition) is 2. The van der Waals surface area contributed by atoms with Crippen LogP contribution in [0.4, 0.5) is 8.78 Å². The molecule has 166 valence electrons. The number of carboxylic acid groups (broad SMARTS) is 1. The SMILES string of the molecule is Cc1cccnc1-c1cccc2c(C[C@H](NC(=O)c3c(F)cccc3F)C(=O)O)cccc12. The van der Waals surface area contributed by atoms with Crippen LogP contribution in [0.15, 0.2) is 72.9 Å². The monoisotopic (exact) mass is 446 g/mol. The minimum Gasteiger partial charge on any atom is -0.480 e. The molecule has 0 radical (unpaired) electrons. The van der Waals surface area contributed by atoms with Gasteiger partial charge in [-0.2, -0.15) is 0 Å². The number of hydrogen-bond acceptors (Lipinski definition) is 3. The number of nitrogens with zero attached hydrogens (tertiary/aromatic N) is 1. The third kappa shape index (κ3) is 4.43. The highest BCUT2D eigenvalue weighted by molar-refractivity contribution is 5.99. The molecular formula is C26H20F2N2O3. The van der Waals surface area contributed by atoms with E-state index in [2.05, 4.69) is 10.3 Å². The number of amides is 1. The second-order valence-electron chi connectivity index (χ2n) is 7.65. The van der Waals surface area contributed by atoms with Crippen molar-refractivity contribution >= 4 is 22.6 Å². The number of halogens is 2. The van der Waals surface area contributed by atoms with Crippen LogP contribution in [0.25, 0.3) is 22.0 Å². The minimum atomic E-state index is -1.39. The fourth-order valence-corrected chi connectivity index (χ4v) is 3.89. The highest BCUT2D eigenvalue weighted by atomic mass is 19.1. The maximum absolute atomic E-state index is 14.0. The van der Waals surface area contributed by atoms with Gasteiger partial charge in [0.05, 0.1) is 5.69 Å². The molecule has 2 N–H and O–H groups in total. The van der Waals surface area contributed by atoms with Crippen molar-refractivity contribution in [3.63, 3.8) is 0 Å². The fourth-order valence-electron chi connectivity index (χ4n) is 3.89. The summed E-state index contributed by atoms with van der Waals surface area (Å²) in [6, 6.07) is 16.6. The van der Waals surface area contributed by atoms with Gasteiger partial charge < -0.3 is 10.4 Å². The standard InChI is InChI=1S/C26H20F2N2O3/c1-15-6-5-13-29-24(15)19-10-3-8-17-16(7-2-9-18(17)19)14-22(26(32)33)30-25(31)23-20(27)11-4-12-21(23)28/h2-13,22H,14H2,1H3,(H,30,31)(H,32,33)/t22-/m0/s1. The normalized spacial score (nSPS) is 11.8. The Kier molecular flexibility index (Phi) is 6.13. The molecule has 0 aliphatic rings. The van der Waals surface area contributed by atoms with Gasteiger partial charge in [-0.3, -0.25) is 9.78 Å². The molecule has 0 aliphatic carbocycles. The molecule has 0 aliphatic heterocycles. The van der Waals surface area contributed by atoms with E-state index in [0.29, 0.717) is 5.56 Å². The van der Waals surface area contributed by atoms with Crippen LogP contribution in [-0.2, 0) is 11.2 Å². The second kappa shape index (κ2) is 9.16. The molecule has 33 heavy (non-hydrogen) atoms. The van der Waals surface area contributed by atoms with Crippen molar-refractivity contribution in [2.45, 2.75) is 19.4 Å². The van der Waals surface area contributed by atoms with Crippen LogP contribution in [0.5, 0.6) is 0 Å². The molecule has 0 saturated carbocycles. The van der Waals surface area contributed by atoms with Crippen molar-refractivity contribution in [2.24, 2.45) is 0 Å². The maximum Gasteiger partial charge on any atom is 0.326 e. The Bertz CT molecular complexity index is 1350. The number of fused-ring (bicyclic) bond motifs is 1. The molecule has 1 heterocycles. The Morgan fingerprint density at radius 1 is 0.939 bits per heavy atom. The molecular weight excluding hydrogens is 426 g/mol. The number of carbonyl (C=O) groups excluding carboxylic acids is 1. The quantitative estimate of drug-likeness (QED) is 0.441. The van der Waals surface area contributed by atoms with Crippen molar-refractivity contribution in [1.29, 1.82) is 0 Å². The van der Waals surface area contributed by atoms with Gasteiger partial charge in [-0.25, -0.2) is 13.6 Å². The fraction of sp³-hybridized carbons (Fsp3) is 0.115. The van der Waals surface area contributed by atoms with Crippen molar-refractivity contribution < 1.29 is 23.5 Å². The van der Waals surface area contributed by atoms with Gasteiger partial charge in [0.25, 0.3) is 5.91 Å². The first-order chi connectivity index (χ1) is 15.9. The Hall–Kier alpha value is -4.13. The molecule has 5 nitrogen and oxygen atoms in total. The van der Waals surface area contributed by atoms with E-state index >= 15 is 0 Å². The first-order valence-corrected chi connectivity index (χ1v) is 10.3. The molecule has 4 aromatic rings. The maximum atomic E-state index is 14.0. The molecule has 1 amide bonds. The third-order valence-corrected chi connectivity index (χ3v) is 5.49. The topological polar surface area (TPSA) is 79.3 Å². The van der Waals surface area contributed by atoms with Gasteiger partial charge in [-0.15, -0.1) is 0 Å². The number of aliphatic carboxylic acids is 1. The number of pyridine rings is 1. The van der Waals surface area contributed by atoms with Gasteiger partial charge in [0, 0.05) is 18.2 Å². The Labute approximate surface area is 188 Å². The van der Waals surface area contributed by atoms with E-state index in [1.54, 1.807) is 18.3 Å². The summed E-state index contributed by atoms with van der Waals surface area (Å²) in [6.07, 6.45) is 1.64. The zero-order valence-corrected chi connectivity index (χ0v) is 17.7. The lowest BCUT2D eigenvalue weighted by Gasteiger charge is -2.17. The average molecular weight is 446 g/mol. The third-order valence-electron chi connectivity index (χ3n) is 5.49. The number of nitrogens with one attached hydrogen (secondary N) is 1. The van der Waals surface area contributed by atoms with Crippen LogP contribution in [0.2, 0.25) is 0 Å². The number of carboxylic acids is 1. The van der Waals surface area contributed by atoms with E-state index in [4.69, 9.17) is 0 Å². The summed E-state index contributed by atoms with van der Waals surface area (Å²) in [5.41, 5.74) is 2.58. The minimum absolute atomic E-state index is 0.0703. The van der Waals surface area contributed by atoms with Gasteiger partial charge in [0.1, 0.15) is 23.2 Å². The van der Waals surface area contributed by atoms with Crippen LogP contribution in [0.3, 0.4) is 0 Å². The molecule has 0 bridgehead atoms. The van der Waals surface area contributed by atoms with Crippen LogP contribution in [0.1, 0.15) is 21.5 Å². The molecule has 7 heteroatoms. The number of carbonyl (C=O) groups is 2. The summed E-state index contributed by atoms with van der Waals surface area (Å²) in [5.74, 6) is -4.55. The first-order valence-electron chi connectivity index (χ1n) is 10.3. The van der Waals surface area contributed by atoms with Gasteiger partial charge in [0.15, 0.2) is 0 Å². The summed E-state index contributed by atoms with van der Waals surface area (Å²) < 4.78 is 27.9. The smallest absolute Gasteiger partial charge is 0.326 e. The lowest BCUT2D eigenvalue weighted by atomic mass is 9.93. The molecule has 1 aromatic heterocycles. The van der Waals surface area contributed by atoms with Crippen molar-refractivity contribution in [2.75, 3.05) is 0 Å². The molecule has 0 fully saturated rings. The lowest BCUT2D eigenvalue weighted by molar-refractivity contribution is -0.139. The molecule has 1 atom stereocenters. The zero-order valence-electron chi connectivity index (χ0n) is 17.7. The first kappa shape index (κ1) is 22.1. The summed E-state index contributed by atoms with van der Waals surface area (Å²) in [7, 11) is 0. The largest absolute Gasteiger partial charge is 0.480 e. The summed E-state index contributed by atoms with van der Waals surface area (Å²) in [6.45, 7) is 1.96. The lowest BCUT2D eigenvalue weighted by Crippen LogP contribution is -2.43. The summed E-state index contributed by atoms with van der Waals surface area (Å²) in [4.78, 5) is 28.9. The number of rotatable bonds is 6. The van der Waals surface area contributed by atoms with Crippen LogP contribution < -0.4 is 5.32 Å². The molecule has 0 saturated heterocycles. The number of aromatic nitrogens is 1. The van der Waals surface area contributed by atoms with E-state index < -0.39 is 35.1 Å². The molecule has 0 unspecified atom stereocenters.